The summed E-state index contributed by atoms with van der Waals surface area (Å²) in [4.78, 5) is 3.88. The molecule has 0 aliphatic heterocycles. The summed E-state index contributed by atoms with van der Waals surface area (Å²) in [5.74, 6) is 5.86. The zero-order chi connectivity index (χ0) is 28.6. The number of terminal acetylenes is 2. The van der Waals surface area contributed by atoms with Crippen LogP contribution in [-0.2, 0) is 12.8 Å². The standard InChI is InChI=1S/C40H41N/c1-5-9-11-13-19-29-25-35(33-23-17-15-21-31(33)7-3)39-37(27-29)38-28-30(20-14-12-10-6-2)26-36(40(38)41-39)34-24-18-16-22-32(34)8-4/h3-4,15-18,21-28,41H,5-6,9-14,19-20H2,1-2H3. The third kappa shape index (κ3) is 6.11. The Labute approximate surface area is 246 Å². The number of aromatic amines is 1. The van der Waals surface area contributed by atoms with Crippen molar-refractivity contribution in [2.75, 3.05) is 0 Å². The number of H-pyrrole nitrogens is 1. The lowest BCUT2D eigenvalue weighted by Gasteiger charge is -2.11. The minimum absolute atomic E-state index is 0.921. The molecule has 1 N–H and O–H groups in total. The van der Waals surface area contributed by atoms with Crippen molar-refractivity contribution in [3.05, 3.63) is 95.1 Å². The maximum Gasteiger partial charge on any atom is 0.0545 e. The van der Waals surface area contributed by atoms with Crippen molar-refractivity contribution < 1.29 is 0 Å². The summed E-state index contributed by atoms with van der Waals surface area (Å²) >= 11 is 0. The molecule has 5 aromatic rings. The molecule has 0 aliphatic rings. The van der Waals surface area contributed by atoms with Crippen molar-refractivity contribution in [1.82, 2.24) is 4.98 Å². The molecule has 0 fully saturated rings. The van der Waals surface area contributed by atoms with Gasteiger partial charge in [0.25, 0.3) is 0 Å². The molecule has 1 heterocycles. The van der Waals surface area contributed by atoms with Crippen LogP contribution in [0.3, 0.4) is 0 Å². The van der Waals surface area contributed by atoms with Gasteiger partial charge >= 0.3 is 0 Å². The number of unbranched alkanes of at least 4 members (excludes halogenated alkanes) is 6. The van der Waals surface area contributed by atoms with Crippen molar-refractivity contribution in [2.24, 2.45) is 0 Å². The molecular weight excluding hydrogens is 494 g/mol. The number of benzene rings is 4. The lowest BCUT2D eigenvalue weighted by molar-refractivity contribution is 0.667. The molecule has 206 valence electrons. The third-order valence-electron chi connectivity index (χ3n) is 8.32. The normalized spacial score (nSPS) is 11.1. The highest BCUT2D eigenvalue weighted by molar-refractivity contribution is 6.16. The van der Waals surface area contributed by atoms with Gasteiger partial charge in [0.05, 0.1) is 11.0 Å². The zero-order valence-electron chi connectivity index (χ0n) is 24.7. The highest BCUT2D eigenvalue weighted by Crippen LogP contribution is 2.41. The third-order valence-corrected chi connectivity index (χ3v) is 8.32. The van der Waals surface area contributed by atoms with Crippen LogP contribution in [0.2, 0.25) is 0 Å². The van der Waals surface area contributed by atoms with Gasteiger partial charge in [-0.3, -0.25) is 0 Å². The maximum atomic E-state index is 6.00. The van der Waals surface area contributed by atoms with Crippen molar-refractivity contribution in [1.29, 1.82) is 0 Å². The summed E-state index contributed by atoms with van der Waals surface area (Å²) in [6.07, 6.45) is 24.1. The SMILES string of the molecule is C#Cc1ccccc1-c1cc(CCCCCC)cc2c1[nH]c1c(-c3ccccc3C#C)cc(CCCCCC)cc12. The molecule has 1 nitrogen and oxygen atoms in total. The fraction of sp³-hybridized carbons (Fsp3) is 0.300. The Bertz CT molecular complexity index is 1610. The molecule has 0 atom stereocenters. The van der Waals surface area contributed by atoms with Crippen LogP contribution in [0.25, 0.3) is 44.1 Å². The number of aromatic nitrogens is 1. The fourth-order valence-electron chi connectivity index (χ4n) is 6.14. The number of aryl methyl sites for hydroxylation is 2. The number of rotatable bonds is 12. The van der Waals surface area contributed by atoms with Gasteiger partial charge in [-0.05, 0) is 84.3 Å². The summed E-state index contributed by atoms with van der Waals surface area (Å²) in [7, 11) is 0. The van der Waals surface area contributed by atoms with E-state index in [-0.39, 0.29) is 0 Å². The largest absolute Gasteiger partial charge is 0.353 e. The molecule has 41 heavy (non-hydrogen) atoms. The first-order valence-corrected chi connectivity index (χ1v) is 15.4. The van der Waals surface area contributed by atoms with E-state index in [0.29, 0.717) is 0 Å². The van der Waals surface area contributed by atoms with Gasteiger partial charge in [-0.1, -0.05) is 101 Å². The van der Waals surface area contributed by atoms with Gasteiger partial charge in [0.15, 0.2) is 0 Å². The maximum absolute atomic E-state index is 6.00. The topological polar surface area (TPSA) is 15.8 Å². The van der Waals surface area contributed by atoms with Gasteiger partial charge in [-0.15, -0.1) is 12.8 Å². The molecule has 1 aromatic heterocycles. The van der Waals surface area contributed by atoms with Crippen LogP contribution in [0, 0.1) is 24.7 Å². The van der Waals surface area contributed by atoms with E-state index >= 15 is 0 Å². The highest BCUT2D eigenvalue weighted by Gasteiger charge is 2.18. The lowest BCUT2D eigenvalue weighted by Crippen LogP contribution is -1.91. The molecule has 0 aliphatic carbocycles. The molecule has 0 saturated carbocycles. The molecule has 0 radical (unpaired) electrons. The Hall–Kier alpha value is -4.20. The Kier molecular flexibility index (Phi) is 9.29. The monoisotopic (exact) mass is 535 g/mol. The first-order chi connectivity index (χ1) is 20.2. The van der Waals surface area contributed by atoms with Gasteiger partial charge < -0.3 is 4.98 Å². The Morgan fingerprint density at radius 1 is 0.537 bits per heavy atom. The predicted molar refractivity (Wildman–Crippen MR) is 178 cm³/mol. The fourth-order valence-corrected chi connectivity index (χ4v) is 6.14. The van der Waals surface area contributed by atoms with Crippen LogP contribution < -0.4 is 0 Å². The number of nitrogens with one attached hydrogen (secondary N) is 1. The van der Waals surface area contributed by atoms with Crippen LogP contribution in [0.1, 0.15) is 87.5 Å². The molecule has 0 bridgehead atoms. The van der Waals surface area contributed by atoms with Crippen molar-refractivity contribution >= 4 is 21.8 Å². The van der Waals surface area contributed by atoms with Crippen molar-refractivity contribution in [2.45, 2.75) is 78.1 Å². The molecule has 0 spiro atoms. The second kappa shape index (κ2) is 13.4. The Balaban J connectivity index is 1.77. The summed E-state index contributed by atoms with van der Waals surface area (Å²) in [6, 6.07) is 26.2. The van der Waals surface area contributed by atoms with E-state index in [2.05, 4.69) is 79.2 Å². The van der Waals surface area contributed by atoms with Gasteiger partial charge in [0.1, 0.15) is 0 Å². The van der Waals surface area contributed by atoms with Crippen molar-refractivity contribution in [3.8, 4) is 46.9 Å². The number of hydrogen-bond acceptors (Lipinski definition) is 0. The summed E-state index contributed by atoms with van der Waals surface area (Å²) in [5.41, 5.74) is 11.4. The molecular formula is C40H41N. The smallest absolute Gasteiger partial charge is 0.0545 e. The van der Waals surface area contributed by atoms with E-state index in [1.807, 2.05) is 24.3 Å². The van der Waals surface area contributed by atoms with E-state index in [0.717, 1.165) is 46.1 Å². The lowest BCUT2D eigenvalue weighted by atomic mass is 9.92. The quantitative estimate of drug-likeness (QED) is 0.121. The summed E-state index contributed by atoms with van der Waals surface area (Å²) in [5, 5.41) is 2.54. The number of fused-ring (bicyclic) bond motifs is 3. The second-order valence-corrected chi connectivity index (χ2v) is 11.3. The first-order valence-electron chi connectivity index (χ1n) is 15.4. The van der Waals surface area contributed by atoms with E-state index in [1.54, 1.807) is 0 Å². The number of hydrogen-bond donors (Lipinski definition) is 1. The van der Waals surface area contributed by atoms with Crippen LogP contribution in [0.15, 0.2) is 72.8 Å². The minimum Gasteiger partial charge on any atom is -0.353 e. The average molecular weight is 536 g/mol. The van der Waals surface area contributed by atoms with Crippen LogP contribution in [0.4, 0.5) is 0 Å². The van der Waals surface area contributed by atoms with Crippen LogP contribution in [-0.4, -0.2) is 4.98 Å². The molecule has 1 heteroatoms. The van der Waals surface area contributed by atoms with Gasteiger partial charge in [-0.25, -0.2) is 0 Å². The Morgan fingerprint density at radius 2 is 0.976 bits per heavy atom. The molecule has 0 amide bonds. The second-order valence-electron chi connectivity index (χ2n) is 11.3. The van der Waals surface area contributed by atoms with Crippen LogP contribution >= 0.6 is 0 Å². The average Bonchev–Trinajstić information content (AvgIpc) is 3.39. The molecule has 4 aromatic carbocycles. The van der Waals surface area contributed by atoms with Crippen molar-refractivity contribution in [3.63, 3.8) is 0 Å². The van der Waals surface area contributed by atoms with E-state index in [9.17, 15) is 0 Å². The predicted octanol–water partition coefficient (Wildman–Crippen LogP) is 10.9. The van der Waals surface area contributed by atoms with Gasteiger partial charge in [0, 0.05) is 33.0 Å². The van der Waals surface area contributed by atoms with E-state index < -0.39 is 0 Å². The molecule has 0 saturated heterocycles. The van der Waals surface area contributed by atoms with Crippen LogP contribution in [0.5, 0.6) is 0 Å². The molecule has 5 rings (SSSR count). The van der Waals surface area contributed by atoms with E-state index in [1.165, 1.54) is 84.4 Å². The first kappa shape index (κ1) is 28.3. The van der Waals surface area contributed by atoms with E-state index in [4.69, 9.17) is 12.8 Å². The minimum atomic E-state index is 0.921. The summed E-state index contributed by atoms with van der Waals surface area (Å²) < 4.78 is 0. The van der Waals surface area contributed by atoms with Gasteiger partial charge in [0.2, 0.25) is 0 Å². The zero-order valence-corrected chi connectivity index (χ0v) is 24.7. The Morgan fingerprint density at radius 3 is 1.39 bits per heavy atom. The highest BCUT2D eigenvalue weighted by atomic mass is 14.7. The summed E-state index contributed by atoms with van der Waals surface area (Å²) in [6.45, 7) is 4.53. The van der Waals surface area contributed by atoms with Gasteiger partial charge in [-0.2, -0.15) is 0 Å². The molecule has 0 unspecified atom stereocenters.